The second-order valence-electron chi connectivity index (χ2n) is 16.9. The van der Waals surface area contributed by atoms with E-state index in [0.29, 0.717) is 36.8 Å². The van der Waals surface area contributed by atoms with Crippen LogP contribution in [0.5, 0.6) is 0 Å². The van der Waals surface area contributed by atoms with Crippen molar-refractivity contribution in [3.63, 3.8) is 0 Å². The number of nitrogens with two attached hydrogens (primary N) is 1. The van der Waals surface area contributed by atoms with Gasteiger partial charge in [0.25, 0.3) is 0 Å². The van der Waals surface area contributed by atoms with Crippen LogP contribution in [-0.4, -0.2) is 108 Å². The van der Waals surface area contributed by atoms with Crippen molar-refractivity contribution in [2.24, 2.45) is 34.6 Å². The fourth-order valence-corrected chi connectivity index (χ4v) is 9.35. The van der Waals surface area contributed by atoms with Crippen molar-refractivity contribution in [2.45, 2.75) is 153 Å². The fraction of sp³-hybridized carbons (Fsp3) is 0.738. The molecule has 16 atom stereocenters. The van der Waals surface area contributed by atoms with Crippen molar-refractivity contribution in [3.8, 4) is 0 Å². The average molecular weight is 771 g/mol. The third-order valence-corrected chi connectivity index (χ3v) is 13.1. The molecule has 5 aliphatic heterocycles. The van der Waals surface area contributed by atoms with Gasteiger partial charge in [0.05, 0.1) is 42.7 Å². The zero-order chi connectivity index (χ0) is 39.9. The fourth-order valence-electron chi connectivity index (χ4n) is 9.35. The Morgan fingerprint density at radius 1 is 1.09 bits per heavy atom. The highest BCUT2D eigenvalue weighted by molar-refractivity contribution is 5.78. The van der Waals surface area contributed by atoms with Crippen LogP contribution in [0.25, 0.3) is 0 Å². The third kappa shape index (κ3) is 8.11. The highest BCUT2D eigenvalue weighted by Gasteiger charge is 2.60. The van der Waals surface area contributed by atoms with E-state index in [2.05, 4.69) is 38.1 Å². The summed E-state index contributed by atoms with van der Waals surface area (Å²) in [7, 11) is 1.55. The average Bonchev–Trinajstić information content (AvgIpc) is 3.49. The summed E-state index contributed by atoms with van der Waals surface area (Å²) in [5.74, 6) is -2.58. The van der Waals surface area contributed by atoms with E-state index in [0.717, 1.165) is 12.0 Å². The molecule has 0 radical (unpaired) electrons. The molecule has 6 aliphatic rings. The topological polar surface area (TPSA) is 178 Å². The first-order valence-corrected chi connectivity index (χ1v) is 20.0. The van der Waals surface area contributed by atoms with Crippen LogP contribution in [0.3, 0.4) is 0 Å². The summed E-state index contributed by atoms with van der Waals surface area (Å²) in [6.45, 7) is 13.9. The highest BCUT2D eigenvalue weighted by atomic mass is 16.7. The molecule has 5 heterocycles. The Bertz CT molecular complexity index is 1580. The molecule has 0 aromatic heterocycles. The molecule has 1 spiro atoms. The molecule has 2 bridgehead atoms. The van der Waals surface area contributed by atoms with Gasteiger partial charge in [-0.2, -0.15) is 4.91 Å². The Hall–Kier alpha value is -2.59. The molecule has 55 heavy (non-hydrogen) atoms. The molecule has 6 rings (SSSR count). The summed E-state index contributed by atoms with van der Waals surface area (Å²) in [6, 6.07) is 0. The number of esters is 1. The van der Waals surface area contributed by atoms with Gasteiger partial charge in [-0.15, -0.1) is 0 Å². The lowest BCUT2D eigenvalue weighted by Gasteiger charge is -2.48. The molecule has 3 saturated heterocycles. The number of hydrogen-bond donors (Lipinski definition) is 3. The highest BCUT2D eigenvalue weighted by Crippen LogP contribution is 2.47. The number of nitrogens with zero attached hydrogens (tertiary/aromatic N) is 1. The summed E-state index contributed by atoms with van der Waals surface area (Å²) in [6.07, 6.45) is 10.3. The number of allylic oxidation sites excluding steroid dienone is 2. The van der Waals surface area contributed by atoms with E-state index >= 15 is 0 Å². The summed E-state index contributed by atoms with van der Waals surface area (Å²) >= 11 is 0. The molecule has 13 heteroatoms. The summed E-state index contributed by atoms with van der Waals surface area (Å²) in [5.41, 5.74) is 5.60. The number of carbonyl (C=O) groups excluding carboxylic acids is 1. The van der Waals surface area contributed by atoms with Crippen molar-refractivity contribution in [1.82, 2.24) is 0 Å². The zero-order valence-corrected chi connectivity index (χ0v) is 33.6. The number of nitroso groups, excluding NO2 is 1. The van der Waals surface area contributed by atoms with Crippen molar-refractivity contribution < 1.29 is 48.2 Å². The summed E-state index contributed by atoms with van der Waals surface area (Å²) in [4.78, 5) is 25.6. The maximum Gasteiger partial charge on any atom is 0.316 e. The van der Waals surface area contributed by atoms with Gasteiger partial charge in [-0.1, -0.05) is 75.7 Å². The van der Waals surface area contributed by atoms with Crippen LogP contribution in [0.15, 0.2) is 64.4 Å². The van der Waals surface area contributed by atoms with Crippen molar-refractivity contribution >= 4 is 5.97 Å². The van der Waals surface area contributed by atoms with Gasteiger partial charge in [0.1, 0.15) is 36.4 Å². The zero-order valence-electron chi connectivity index (χ0n) is 33.6. The number of fused-ring (bicyclic) bond motifs is 2. The van der Waals surface area contributed by atoms with Gasteiger partial charge < -0.3 is 49.1 Å². The lowest BCUT2D eigenvalue weighted by Crippen LogP contribution is -2.66. The lowest BCUT2D eigenvalue weighted by molar-refractivity contribution is -0.300. The van der Waals surface area contributed by atoms with E-state index in [1.165, 1.54) is 0 Å². The first-order chi connectivity index (χ1) is 26.1. The molecule has 4 N–H and O–H groups in total. The summed E-state index contributed by atoms with van der Waals surface area (Å²) in [5, 5.41) is 26.6. The van der Waals surface area contributed by atoms with Gasteiger partial charge >= 0.3 is 5.97 Å². The van der Waals surface area contributed by atoms with Crippen molar-refractivity contribution in [3.05, 3.63) is 64.2 Å². The Balaban J connectivity index is 1.38. The second-order valence-corrected chi connectivity index (χ2v) is 16.9. The van der Waals surface area contributed by atoms with Crippen LogP contribution in [0, 0.1) is 28.6 Å². The maximum absolute atomic E-state index is 14.3. The predicted molar refractivity (Wildman–Crippen MR) is 204 cm³/mol. The Kier molecular flexibility index (Phi) is 12.8. The molecule has 306 valence electrons. The van der Waals surface area contributed by atoms with E-state index in [1.807, 2.05) is 32.1 Å². The van der Waals surface area contributed by atoms with Crippen LogP contribution in [-0.2, 0) is 38.0 Å². The molecular weight excluding hydrogens is 708 g/mol. The molecule has 13 nitrogen and oxygen atoms in total. The van der Waals surface area contributed by atoms with E-state index in [4.69, 9.17) is 38.9 Å². The number of aliphatic hydroxyl groups excluding tert-OH is 1. The minimum absolute atomic E-state index is 0.0275. The smallest absolute Gasteiger partial charge is 0.316 e. The van der Waals surface area contributed by atoms with Gasteiger partial charge in [0.15, 0.2) is 12.1 Å². The summed E-state index contributed by atoms with van der Waals surface area (Å²) < 4.78 is 44.8. The number of ether oxygens (including phenoxy) is 7. The molecule has 3 unspecified atom stereocenters. The molecule has 0 aromatic rings. The molecule has 0 aromatic carbocycles. The monoisotopic (exact) mass is 770 g/mol. The molecule has 0 amide bonds. The number of rotatable bonds is 7. The first-order valence-electron chi connectivity index (χ1n) is 20.0. The number of hydrogen-bond acceptors (Lipinski definition) is 13. The Morgan fingerprint density at radius 3 is 2.56 bits per heavy atom. The van der Waals surface area contributed by atoms with Crippen molar-refractivity contribution in [1.29, 1.82) is 0 Å². The van der Waals surface area contributed by atoms with E-state index in [1.54, 1.807) is 33.1 Å². The van der Waals surface area contributed by atoms with E-state index in [9.17, 15) is 19.9 Å². The predicted octanol–water partition coefficient (Wildman–Crippen LogP) is 4.95. The van der Waals surface area contributed by atoms with Crippen LogP contribution in [0.4, 0.5) is 0 Å². The number of methoxy groups -OCH3 is 1. The largest absolute Gasteiger partial charge is 0.462 e. The second kappa shape index (κ2) is 16.7. The maximum atomic E-state index is 14.3. The van der Waals surface area contributed by atoms with Gasteiger partial charge in [0, 0.05) is 38.2 Å². The standard InChI is InChI=1S/C42H62N2O11/c1-9-23(2)37-26(5)15-16-40(55-37)20-31-18-30(54-40)14-13-25(4)36(53-34-19-33(49-8)41(43,22-44-48)28(7)51-34)24(3)11-10-12-29-21-50-38-35(45)27(6)17-32(39(46)52-31)42(29,38)47/h10-13,15-17,23-24,26,28,30-38,45,47H,9,14,18-22,43H2,1-8H3/b11-10+,25-13+,29-12+/t23?,24?,26-,28-,30+,31-,32-,33-,34-,35+,36-,37+,38+,40+,41?,42+/m0/s1. The van der Waals surface area contributed by atoms with Crippen molar-refractivity contribution in [2.75, 3.05) is 20.3 Å². The minimum Gasteiger partial charge on any atom is -0.462 e. The van der Waals surface area contributed by atoms with Gasteiger partial charge in [-0.3, -0.25) is 4.79 Å². The van der Waals surface area contributed by atoms with E-state index in [-0.39, 0.29) is 43.1 Å². The SMILES string of the molecule is CCC(C)[C@H]1O[C@]2(C=C[C@@H]1C)C[C@@H]1C[C@@H](C/C=C(\C)[C@@H](O[C@H]3C[C@H](OC)C(N)(CN=O)[C@H](C)O3)C(C)/C=C/C=C3\CO[C@@H]4[C@H](O)C(C)=C[C@@H](C(=O)O1)[C@]34O)O2. The molecular formula is C42H62N2O11. The lowest BCUT2D eigenvalue weighted by atomic mass is 9.71. The quantitative estimate of drug-likeness (QED) is 0.181. The Morgan fingerprint density at radius 2 is 1.85 bits per heavy atom. The Labute approximate surface area is 325 Å². The van der Waals surface area contributed by atoms with Gasteiger partial charge in [0.2, 0.25) is 0 Å². The number of carbonyl (C=O) groups is 1. The van der Waals surface area contributed by atoms with Gasteiger partial charge in [-0.05, 0) is 55.9 Å². The van der Waals surface area contributed by atoms with Crippen LogP contribution in [0.2, 0.25) is 0 Å². The minimum atomic E-state index is -1.83. The molecule has 0 saturated carbocycles. The number of aliphatic hydroxyl groups is 2. The van der Waals surface area contributed by atoms with Crippen LogP contribution < -0.4 is 5.73 Å². The first kappa shape index (κ1) is 42.0. The van der Waals surface area contributed by atoms with Gasteiger partial charge in [-0.25, -0.2) is 0 Å². The molecule has 3 fully saturated rings. The van der Waals surface area contributed by atoms with E-state index < -0.39 is 71.7 Å². The third-order valence-electron chi connectivity index (χ3n) is 13.1. The normalized spacial score (nSPS) is 48.1. The van der Waals surface area contributed by atoms with Crippen LogP contribution in [0.1, 0.15) is 80.6 Å². The molecule has 1 aliphatic carbocycles. The van der Waals surface area contributed by atoms with Crippen LogP contribution >= 0.6 is 0 Å².